The van der Waals surface area contributed by atoms with Crippen molar-refractivity contribution in [1.82, 2.24) is 10.6 Å². The Morgan fingerprint density at radius 2 is 1.79 bits per heavy atom. The predicted molar refractivity (Wildman–Crippen MR) is 122 cm³/mol. The van der Waals surface area contributed by atoms with Gasteiger partial charge in [-0.1, -0.05) is 65.9 Å². The van der Waals surface area contributed by atoms with Gasteiger partial charge in [0, 0.05) is 24.2 Å². The lowest BCUT2D eigenvalue weighted by Gasteiger charge is -2.20. The zero-order valence-corrected chi connectivity index (χ0v) is 18.3. The number of urea groups is 1. The van der Waals surface area contributed by atoms with E-state index in [4.69, 9.17) is 23.2 Å². The number of aryl methyl sites for hydroxylation is 1. The SMILES string of the molecule is Cc1ccc(C(CCNC2CCCC2)CNC(=O)Nc2ccc(Cl)c(Cl)c2)cc1. The molecule has 3 rings (SSSR count). The molecule has 1 aliphatic carbocycles. The number of carbonyl (C=O) groups excluding carboxylic acids is 1. The number of nitrogens with one attached hydrogen (secondary N) is 3. The van der Waals surface area contributed by atoms with Crippen molar-refractivity contribution in [3.63, 3.8) is 0 Å². The van der Waals surface area contributed by atoms with Crippen molar-refractivity contribution in [2.24, 2.45) is 0 Å². The zero-order chi connectivity index (χ0) is 20.6. The van der Waals surface area contributed by atoms with Gasteiger partial charge in [0.2, 0.25) is 0 Å². The average Bonchev–Trinajstić information content (AvgIpc) is 3.22. The summed E-state index contributed by atoms with van der Waals surface area (Å²) in [6, 6.07) is 14.0. The van der Waals surface area contributed by atoms with Crippen LogP contribution in [0.15, 0.2) is 42.5 Å². The van der Waals surface area contributed by atoms with E-state index in [9.17, 15) is 4.79 Å². The fraction of sp³-hybridized carbons (Fsp3) is 0.435. The molecular weight excluding hydrogens is 405 g/mol. The van der Waals surface area contributed by atoms with E-state index in [0.29, 0.717) is 28.3 Å². The minimum absolute atomic E-state index is 0.246. The summed E-state index contributed by atoms with van der Waals surface area (Å²) in [6.07, 6.45) is 6.19. The third kappa shape index (κ3) is 6.91. The predicted octanol–water partition coefficient (Wildman–Crippen LogP) is 6.13. The lowest BCUT2D eigenvalue weighted by atomic mass is 9.94. The molecule has 4 nitrogen and oxygen atoms in total. The van der Waals surface area contributed by atoms with Crippen molar-refractivity contribution in [2.45, 2.75) is 51.0 Å². The van der Waals surface area contributed by atoms with Crippen molar-refractivity contribution in [3.05, 3.63) is 63.6 Å². The van der Waals surface area contributed by atoms with Crippen LogP contribution < -0.4 is 16.0 Å². The van der Waals surface area contributed by atoms with E-state index in [-0.39, 0.29) is 11.9 Å². The van der Waals surface area contributed by atoms with Crippen molar-refractivity contribution < 1.29 is 4.79 Å². The molecule has 1 fully saturated rings. The first-order valence-corrected chi connectivity index (χ1v) is 11.1. The summed E-state index contributed by atoms with van der Waals surface area (Å²) >= 11 is 11.9. The molecule has 29 heavy (non-hydrogen) atoms. The monoisotopic (exact) mass is 433 g/mol. The highest BCUT2D eigenvalue weighted by molar-refractivity contribution is 6.42. The lowest BCUT2D eigenvalue weighted by Crippen LogP contribution is -2.34. The number of halogens is 2. The highest BCUT2D eigenvalue weighted by Crippen LogP contribution is 2.25. The first kappa shape index (κ1) is 21.9. The molecule has 0 aromatic heterocycles. The summed E-state index contributed by atoms with van der Waals surface area (Å²) in [5.41, 5.74) is 3.10. The molecule has 0 radical (unpaired) electrons. The Morgan fingerprint density at radius 1 is 1.07 bits per heavy atom. The van der Waals surface area contributed by atoms with Crippen LogP contribution in [-0.4, -0.2) is 25.2 Å². The number of anilines is 1. The first-order valence-electron chi connectivity index (χ1n) is 10.3. The van der Waals surface area contributed by atoms with Crippen LogP contribution in [0.1, 0.15) is 49.1 Å². The van der Waals surface area contributed by atoms with Crippen molar-refractivity contribution in [3.8, 4) is 0 Å². The molecule has 2 amide bonds. The molecule has 1 atom stereocenters. The highest BCUT2D eigenvalue weighted by Gasteiger charge is 2.17. The van der Waals surface area contributed by atoms with Crippen molar-refractivity contribution in [1.29, 1.82) is 0 Å². The maximum atomic E-state index is 12.4. The van der Waals surface area contributed by atoms with E-state index in [1.165, 1.54) is 36.8 Å². The van der Waals surface area contributed by atoms with E-state index in [2.05, 4.69) is 47.1 Å². The molecule has 156 valence electrons. The Hall–Kier alpha value is -1.75. The van der Waals surface area contributed by atoms with Gasteiger partial charge in [-0.05, 0) is 56.5 Å². The summed E-state index contributed by atoms with van der Waals surface area (Å²) in [5.74, 6) is 0.254. The highest BCUT2D eigenvalue weighted by atomic mass is 35.5. The largest absolute Gasteiger partial charge is 0.337 e. The fourth-order valence-electron chi connectivity index (χ4n) is 3.78. The smallest absolute Gasteiger partial charge is 0.319 e. The second kappa shape index (κ2) is 10.9. The number of benzene rings is 2. The second-order valence-corrected chi connectivity index (χ2v) is 8.61. The molecule has 1 aliphatic rings. The van der Waals surface area contributed by atoms with Crippen LogP contribution in [0.25, 0.3) is 0 Å². The summed E-state index contributed by atoms with van der Waals surface area (Å²) in [6.45, 7) is 3.62. The molecule has 3 N–H and O–H groups in total. The van der Waals surface area contributed by atoms with Crippen LogP contribution in [0.3, 0.4) is 0 Å². The van der Waals surface area contributed by atoms with E-state index >= 15 is 0 Å². The molecule has 0 aliphatic heterocycles. The number of hydrogen-bond acceptors (Lipinski definition) is 2. The first-order chi connectivity index (χ1) is 14.0. The summed E-state index contributed by atoms with van der Waals surface area (Å²) in [4.78, 5) is 12.4. The second-order valence-electron chi connectivity index (χ2n) is 7.80. The number of amides is 2. The van der Waals surface area contributed by atoms with E-state index in [1.807, 2.05) is 0 Å². The van der Waals surface area contributed by atoms with Gasteiger partial charge < -0.3 is 16.0 Å². The van der Waals surface area contributed by atoms with Gasteiger partial charge in [0.15, 0.2) is 0 Å². The third-order valence-electron chi connectivity index (χ3n) is 5.52. The summed E-state index contributed by atoms with van der Waals surface area (Å²) < 4.78 is 0. The topological polar surface area (TPSA) is 53.2 Å². The Balaban J connectivity index is 1.55. The van der Waals surface area contributed by atoms with E-state index in [0.717, 1.165) is 13.0 Å². The Labute approximate surface area is 183 Å². The van der Waals surface area contributed by atoms with Crippen molar-refractivity contribution in [2.75, 3.05) is 18.4 Å². The zero-order valence-electron chi connectivity index (χ0n) is 16.8. The minimum Gasteiger partial charge on any atom is -0.337 e. The quantitative estimate of drug-likeness (QED) is 0.468. The molecule has 1 saturated carbocycles. The van der Waals surface area contributed by atoms with Crippen LogP contribution in [-0.2, 0) is 0 Å². The lowest BCUT2D eigenvalue weighted by molar-refractivity contribution is 0.251. The van der Waals surface area contributed by atoms with Gasteiger partial charge in [-0.25, -0.2) is 4.79 Å². The molecule has 0 spiro atoms. The molecule has 2 aromatic rings. The molecule has 0 bridgehead atoms. The minimum atomic E-state index is -0.246. The standard InChI is InChI=1S/C23H29Cl2N3O/c1-16-6-8-17(9-7-16)18(12-13-26-19-4-2-3-5-19)15-27-23(29)28-20-10-11-21(24)22(25)14-20/h6-11,14,18-19,26H,2-5,12-13,15H2,1H3,(H2,27,28,29). The normalized spacial score (nSPS) is 15.3. The Morgan fingerprint density at radius 3 is 2.48 bits per heavy atom. The average molecular weight is 434 g/mol. The van der Waals surface area contributed by atoms with Gasteiger partial charge in [0.1, 0.15) is 0 Å². The summed E-state index contributed by atoms with van der Waals surface area (Å²) in [7, 11) is 0. The molecular formula is C23H29Cl2N3O. The van der Waals surface area contributed by atoms with Crippen LogP contribution in [0.4, 0.5) is 10.5 Å². The number of hydrogen-bond donors (Lipinski definition) is 3. The maximum Gasteiger partial charge on any atom is 0.319 e. The van der Waals surface area contributed by atoms with Crippen LogP contribution in [0.2, 0.25) is 10.0 Å². The van der Waals surface area contributed by atoms with Crippen LogP contribution in [0, 0.1) is 6.92 Å². The van der Waals surface area contributed by atoms with Gasteiger partial charge in [0.05, 0.1) is 10.0 Å². The van der Waals surface area contributed by atoms with Gasteiger partial charge >= 0.3 is 6.03 Å². The molecule has 0 heterocycles. The summed E-state index contributed by atoms with van der Waals surface area (Å²) in [5, 5.41) is 10.4. The van der Waals surface area contributed by atoms with Crippen LogP contribution in [0.5, 0.6) is 0 Å². The molecule has 0 saturated heterocycles. The van der Waals surface area contributed by atoms with E-state index < -0.39 is 0 Å². The number of carbonyl (C=O) groups is 1. The number of rotatable bonds is 8. The van der Waals surface area contributed by atoms with Gasteiger partial charge in [0.25, 0.3) is 0 Å². The third-order valence-corrected chi connectivity index (χ3v) is 6.26. The van der Waals surface area contributed by atoms with Gasteiger partial charge in [-0.3, -0.25) is 0 Å². The fourth-order valence-corrected chi connectivity index (χ4v) is 4.08. The van der Waals surface area contributed by atoms with Gasteiger partial charge in [-0.2, -0.15) is 0 Å². The van der Waals surface area contributed by atoms with Crippen molar-refractivity contribution >= 4 is 34.9 Å². The van der Waals surface area contributed by atoms with Crippen LogP contribution >= 0.6 is 23.2 Å². The molecule has 6 heteroatoms. The Bertz CT molecular complexity index is 804. The molecule has 2 aromatic carbocycles. The Kier molecular flexibility index (Phi) is 8.22. The maximum absolute atomic E-state index is 12.4. The van der Waals surface area contributed by atoms with Gasteiger partial charge in [-0.15, -0.1) is 0 Å². The molecule has 1 unspecified atom stereocenters. The van der Waals surface area contributed by atoms with E-state index in [1.54, 1.807) is 18.2 Å².